The molecule has 0 bridgehead atoms. The maximum absolute atomic E-state index is 4.44. The van der Waals surface area contributed by atoms with Crippen LogP contribution in [0.3, 0.4) is 0 Å². The highest BCUT2D eigenvalue weighted by Gasteiger charge is 2.27. The minimum absolute atomic E-state index is 0.128. The maximum atomic E-state index is 4.44. The van der Waals surface area contributed by atoms with Crippen LogP contribution in [0.4, 0.5) is 0 Å². The first-order valence-corrected chi connectivity index (χ1v) is 22.0. The first-order chi connectivity index (χ1) is 26.8. The van der Waals surface area contributed by atoms with Crippen LogP contribution in [0.15, 0.2) is 104 Å². The van der Waals surface area contributed by atoms with Crippen molar-refractivity contribution in [1.82, 2.24) is 0 Å². The van der Waals surface area contributed by atoms with Gasteiger partial charge in [-0.1, -0.05) is 191 Å². The molecule has 0 saturated heterocycles. The van der Waals surface area contributed by atoms with E-state index in [0.717, 1.165) is 25.7 Å². The van der Waals surface area contributed by atoms with Crippen LogP contribution in [0, 0.1) is 17.8 Å². The average molecular weight is 743 g/mol. The van der Waals surface area contributed by atoms with E-state index < -0.39 is 0 Å². The van der Waals surface area contributed by atoms with Gasteiger partial charge in [0.05, 0.1) is 0 Å². The Bertz CT molecular complexity index is 2180. The molecule has 0 nitrogen and oxygen atoms in total. The highest BCUT2D eigenvalue weighted by atomic mass is 14.3. The number of fused-ring (bicyclic) bond motifs is 2. The molecule has 4 aromatic rings. The number of unbranched alkanes of at least 4 members (excludes halogenated alkanes) is 2. The van der Waals surface area contributed by atoms with Crippen molar-refractivity contribution in [3.8, 4) is 22.3 Å². The van der Waals surface area contributed by atoms with Gasteiger partial charge in [0.1, 0.15) is 0 Å². The number of rotatable bonds is 10. The quantitative estimate of drug-likeness (QED) is 0.0862. The zero-order chi connectivity index (χ0) is 40.2. The van der Waals surface area contributed by atoms with Crippen molar-refractivity contribution in [2.24, 2.45) is 17.8 Å². The summed E-state index contributed by atoms with van der Waals surface area (Å²) in [4.78, 5) is 0. The van der Waals surface area contributed by atoms with Crippen molar-refractivity contribution in [2.75, 3.05) is 0 Å². The minimum atomic E-state index is 0.128. The third-order valence-electron chi connectivity index (χ3n) is 13.5. The van der Waals surface area contributed by atoms with Gasteiger partial charge in [-0.05, 0) is 140 Å². The van der Waals surface area contributed by atoms with Gasteiger partial charge in [-0.2, -0.15) is 0 Å². The maximum Gasteiger partial charge on any atom is 0.00430 e. The van der Waals surface area contributed by atoms with Crippen molar-refractivity contribution >= 4 is 22.3 Å². The Hall–Kier alpha value is -4.12. The Morgan fingerprint density at radius 3 is 1.70 bits per heavy atom. The zero-order valence-electron chi connectivity index (χ0n) is 36.5. The van der Waals surface area contributed by atoms with E-state index in [2.05, 4.69) is 166 Å². The van der Waals surface area contributed by atoms with Crippen LogP contribution in [0.25, 0.3) is 44.5 Å². The van der Waals surface area contributed by atoms with Gasteiger partial charge < -0.3 is 0 Å². The molecule has 3 unspecified atom stereocenters. The largest absolute Gasteiger partial charge is 0.124 e. The summed E-state index contributed by atoms with van der Waals surface area (Å²) in [6, 6.07) is 32.7. The molecule has 56 heavy (non-hydrogen) atoms. The molecule has 0 saturated carbocycles. The SMILES string of the molecule is C=C=C1c2ccccc2C(=C)CCC1CCCCCC1CC/C(CC)=c2/c(-c3ccc(C(C)(C)C)cc3)ccc(-c3ccc(C(C)(C)C)cc3)/c2=C(\CC)C1C. The van der Waals surface area contributed by atoms with Gasteiger partial charge in [-0.25, -0.2) is 0 Å². The highest BCUT2D eigenvalue weighted by molar-refractivity contribution is 5.81. The first kappa shape index (κ1) is 41.5. The van der Waals surface area contributed by atoms with Gasteiger partial charge >= 0.3 is 0 Å². The smallest absolute Gasteiger partial charge is 0.00430 e. The molecule has 0 spiro atoms. The van der Waals surface area contributed by atoms with Gasteiger partial charge in [0.15, 0.2) is 0 Å². The topological polar surface area (TPSA) is 0 Å². The Morgan fingerprint density at radius 2 is 1.16 bits per heavy atom. The van der Waals surface area contributed by atoms with Crippen LogP contribution < -0.4 is 10.4 Å². The lowest BCUT2D eigenvalue weighted by molar-refractivity contribution is 0.353. The summed E-state index contributed by atoms with van der Waals surface area (Å²) in [7, 11) is 0. The molecule has 0 N–H and O–H groups in total. The van der Waals surface area contributed by atoms with Crippen molar-refractivity contribution in [3.63, 3.8) is 0 Å². The highest BCUT2D eigenvalue weighted by Crippen LogP contribution is 2.41. The summed E-state index contributed by atoms with van der Waals surface area (Å²) in [5, 5.41) is 3.05. The van der Waals surface area contributed by atoms with Crippen molar-refractivity contribution in [1.29, 1.82) is 0 Å². The van der Waals surface area contributed by atoms with Gasteiger partial charge in [0.2, 0.25) is 0 Å². The number of allylic oxidation sites excluding steroid dienone is 2. The molecular weight excluding hydrogens is 673 g/mol. The van der Waals surface area contributed by atoms with E-state index in [-0.39, 0.29) is 10.8 Å². The number of hydrogen-bond donors (Lipinski definition) is 0. The molecule has 0 aromatic heterocycles. The van der Waals surface area contributed by atoms with Gasteiger partial charge in [-0.3, -0.25) is 0 Å². The van der Waals surface area contributed by atoms with Crippen LogP contribution >= 0.6 is 0 Å². The van der Waals surface area contributed by atoms with Gasteiger partial charge in [0.25, 0.3) is 0 Å². The molecule has 2 aliphatic rings. The molecule has 4 aromatic carbocycles. The second-order valence-corrected chi connectivity index (χ2v) is 19.1. The lowest BCUT2D eigenvalue weighted by Crippen LogP contribution is -2.37. The molecule has 0 radical (unpaired) electrons. The third-order valence-corrected chi connectivity index (χ3v) is 13.5. The summed E-state index contributed by atoms with van der Waals surface area (Å²) in [5.41, 5.74) is 20.4. The fourth-order valence-corrected chi connectivity index (χ4v) is 9.95. The van der Waals surface area contributed by atoms with Crippen molar-refractivity contribution in [2.45, 2.75) is 144 Å². The van der Waals surface area contributed by atoms with Crippen LogP contribution in [-0.2, 0) is 10.8 Å². The Kier molecular flexibility index (Phi) is 13.0. The van der Waals surface area contributed by atoms with Gasteiger partial charge in [0, 0.05) is 5.57 Å². The van der Waals surface area contributed by atoms with E-state index in [4.69, 9.17) is 0 Å². The van der Waals surface area contributed by atoms with E-state index in [0.29, 0.717) is 17.8 Å². The number of hydrogen-bond acceptors (Lipinski definition) is 0. The summed E-state index contributed by atoms with van der Waals surface area (Å²) in [6.45, 7) is 29.8. The molecule has 0 aliphatic heterocycles. The molecule has 6 rings (SSSR count). The molecule has 2 aliphatic carbocycles. The van der Waals surface area contributed by atoms with Crippen LogP contribution in [-0.4, -0.2) is 0 Å². The molecule has 3 atom stereocenters. The van der Waals surface area contributed by atoms with Crippen LogP contribution in [0.1, 0.15) is 155 Å². The zero-order valence-corrected chi connectivity index (χ0v) is 36.5. The Balaban J connectivity index is 1.33. The van der Waals surface area contributed by atoms with Crippen LogP contribution in [0.5, 0.6) is 0 Å². The fraction of sp³-hybridized carbons (Fsp3) is 0.446. The Morgan fingerprint density at radius 1 is 0.607 bits per heavy atom. The van der Waals surface area contributed by atoms with Gasteiger partial charge in [-0.15, -0.1) is 5.73 Å². The van der Waals surface area contributed by atoms with E-state index in [1.165, 1.54) is 111 Å². The second kappa shape index (κ2) is 17.6. The van der Waals surface area contributed by atoms with E-state index in [9.17, 15) is 0 Å². The lowest BCUT2D eigenvalue weighted by atomic mass is 9.74. The first-order valence-electron chi connectivity index (χ1n) is 22.0. The summed E-state index contributed by atoms with van der Waals surface area (Å²) >= 11 is 0. The van der Waals surface area contributed by atoms with Crippen molar-refractivity contribution in [3.05, 3.63) is 137 Å². The molecule has 0 heterocycles. The monoisotopic (exact) mass is 743 g/mol. The predicted octanol–water partition coefficient (Wildman–Crippen LogP) is 15.0. The molecular formula is C56H70. The summed E-state index contributed by atoms with van der Waals surface area (Å²) < 4.78 is 0. The minimum Gasteiger partial charge on any atom is -0.124 e. The third kappa shape index (κ3) is 8.88. The predicted molar refractivity (Wildman–Crippen MR) is 247 cm³/mol. The lowest BCUT2D eigenvalue weighted by Gasteiger charge is -2.30. The summed E-state index contributed by atoms with van der Waals surface area (Å²) in [5.74, 6) is 1.73. The van der Waals surface area contributed by atoms with Crippen LogP contribution in [0.2, 0.25) is 0 Å². The average Bonchev–Trinajstić information content (AvgIpc) is 3.31. The standard InChI is InChI=1S/C56H70/c1-12-40-26-27-41(20-16-15-17-21-42-25-24-38(4)49-22-18-19-23-52(49)48(42)14-3)39(5)47(13-2)54-51(44-30-34-46(35-31-44)56(9,10)11)37-36-50(53(40)54)43-28-32-45(33-29-43)55(6,7)8/h18-19,22-23,28-37,39,41-42H,3-4,12-13,15-17,20-21,24-27H2,1-2,5-11H3/b53-40-,54-47-. The van der Waals surface area contributed by atoms with Crippen molar-refractivity contribution < 1.29 is 0 Å². The molecule has 0 fully saturated rings. The molecule has 0 amide bonds. The summed E-state index contributed by atoms with van der Waals surface area (Å²) in [6.07, 6.45) is 13.2. The number of benzene rings is 4. The Labute approximate surface area is 341 Å². The fourth-order valence-electron chi connectivity index (χ4n) is 9.95. The van der Waals surface area contributed by atoms with E-state index in [1.807, 2.05) is 0 Å². The van der Waals surface area contributed by atoms with E-state index in [1.54, 1.807) is 11.1 Å². The van der Waals surface area contributed by atoms with E-state index >= 15 is 0 Å². The molecule has 294 valence electrons. The normalized spacial score (nSPS) is 21.1. The molecule has 0 heteroatoms. The second-order valence-electron chi connectivity index (χ2n) is 19.1.